The van der Waals surface area contributed by atoms with E-state index in [9.17, 15) is 4.39 Å². The first-order valence-electron chi connectivity index (χ1n) is 9.31. The third kappa shape index (κ3) is 3.70. The van der Waals surface area contributed by atoms with Crippen molar-refractivity contribution in [3.05, 3.63) is 78.7 Å². The fourth-order valence-corrected chi connectivity index (χ4v) is 3.18. The van der Waals surface area contributed by atoms with Crippen molar-refractivity contribution in [2.45, 2.75) is 6.42 Å². The van der Waals surface area contributed by atoms with Crippen molar-refractivity contribution in [2.75, 3.05) is 18.4 Å². The van der Waals surface area contributed by atoms with Gasteiger partial charge in [0.05, 0.1) is 11.2 Å². The van der Waals surface area contributed by atoms with E-state index in [4.69, 9.17) is 10.7 Å². The van der Waals surface area contributed by atoms with Crippen LogP contribution in [-0.2, 0) is 0 Å². The molecule has 4 rings (SSSR count). The Bertz CT molecular complexity index is 1090. The number of nitrogens with two attached hydrogens (primary N) is 1. The van der Waals surface area contributed by atoms with Gasteiger partial charge in [-0.25, -0.2) is 9.37 Å². The van der Waals surface area contributed by atoms with Crippen LogP contribution in [0.15, 0.2) is 72.9 Å². The number of halogens is 1. The van der Waals surface area contributed by atoms with E-state index in [1.54, 1.807) is 18.3 Å². The van der Waals surface area contributed by atoms with Crippen molar-refractivity contribution >= 4 is 16.7 Å². The summed E-state index contributed by atoms with van der Waals surface area (Å²) < 4.78 is 14.0. The first-order valence-corrected chi connectivity index (χ1v) is 9.31. The quantitative estimate of drug-likeness (QED) is 0.474. The molecular formula is C23H21FN4. The summed E-state index contributed by atoms with van der Waals surface area (Å²) in [5.41, 5.74) is 9.67. The number of benzene rings is 2. The molecule has 4 nitrogen and oxygen atoms in total. The molecule has 0 spiro atoms. The molecule has 0 amide bonds. The Morgan fingerprint density at radius 2 is 1.71 bits per heavy atom. The molecule has 0 atom stereocenters. The Balaban J connectivity index is 1.71. The van der Waals surface area contributed by atoms with Crippen LogP contribution < -0.4 is 11.1 Å². The maximum atomic E-state index is 14.0. The molecule has 2 aromatic carbocycles. The minimum absolute atomic E-state index is 0.227. The molecule has 0 bridgehead atoms. The van der Waals surface area contributed by atoms with Crippen molar-refractivity contribution in [3.63, 3.8) is 0 Å². The van der Waals surface area contributed by atoms with Crippen molar-refractivity contribution in [1.82, 2.24) is 9.97 Å². The number of nitrogens with one attached hydrogen (secondary N) is 1. The average Bonchev–Trinajstić information content (AvgIpc) is 2.74. The van der Waals surface area contributed by atoms with Gasteiger partial charge >= 0.3 is 0 Å². The van der Waals surface area contributed by atoms with Gasteiger partial charge in [0.1, 0.15) is 11.6 Å². The van der Waals surface area contributed by atoms with Crippen LogP contribution in [-0.4, -0.2) is 23.1 Å². The van der Waals surface area contributed by atoms with E-state index in [1.807, 2.05) is 48.5 Å². The van der Waals surface area contributed by atoms with Crippen LogP contribution in [0.25, 0.3) is 33.3 Å². The number of rotatable bonds is 6. The average molecular weight is 372 g/mol. The fourth-order valence-electron chi connectivity index (χ4n) is 3.18. The molecule has 0 aliphatic rings. The summed E-state index contributed by atoms with van der Waals surface area (Å²) >= 11 is 0. The predicted octanol–water partition coefficient (Wildman–Crippen LogP) is 4.86. The first-order chi connectivity index (χ1) is 13.8. The minimum atomic E-state index is -0.227. The Kier molecular flexibility index (Phi) is 5.26. The molecule has 4 aromatic rings. The Labute approximate surface area is 163 Å². The maximum absolute atomic E-state index is 14.0. The third-order valence-corrected chi connectivity index (χ3v) is 4.64. The van der Waals surface area contributed by atoms with Gasteiger partial charge in [-0.3, -0.25) is 4.98 Å². The van der Waals surface area contributed by atoms with E-state index in [-0.39, 0.29) is 5.82 Å². The zero-order valence-corrected chi connectivity index (χ0v) is 15.4. The highest BCUT2D eigenvalue weighted by Gasteiger charge is 2.09. The molecule has 28 heavy (non-hydrogen) atoms. The van der Waals surface area contributed by atoms with Crippen LogP contribution >= 0.6 is 0 Å². The number of anilines is 1. The molecule has 0 unspecified atom stereocenters. The standard InChI is InChI=1S/C23H21FN4/c24-20-7-2-1-5-18(20)16-8-10-17(11-9-16)21-15-22-19(6-3-13-26-22)23(28-21)27-14-4-12-25/h1-3,5-11,13,15H,4,12,14,25H2,(H,27,28). The number of pyridine rings is 2. The van der Waals surface area contributed by atoms with Gasteiger partial charge < -0.3 is 11.1 Å². The summed E-state index contributed by atoms with van der Waals surface area (Å²) in [5, 5.41) is 4.34. The summed E-state index contributed by atoms with van der Waals surface area (Å²) in [5.74, 6) is 0.571. The van der Waals surface area contributed by atoms with Crippen LogP contribution in [0.4, 0.5) is 10.2 Å². The van der Waals surface area contributed by atoms with Crippen molar-refractivity contribution in [2.24, 2.45) is 5.73 Å². The van der Waals surface area contributed by atoms with Crippen molar-refractivity contribution in [3.8, 4) is 22.4 Å². The van der Waals surface area contributed by atoms with Crippen LogP contribution in [0.5, 0.6) is 0 Å². The molecule has 2 aromatic heterocycles. The van der Waals surface area contributed by atoms with Gasteiger partial charge in [0.15, 0.2) is 0 Å². The second kappa shape index (κ2) is 8.15. The lowest BCUT2D eigenvalue weighted by Crippen LogP contribution is -2.10. The van der Waals surface area contributed by atoms with Gasteiger partial charge in [-0.2, -0.15) is 0 Å². The molecule has 0 fully saturated rings. The molecule has 2 heterocycles. The van der Waals surface area contributed by atoms with Crippen molar-refractivity contribution in [1.29, 1.82) is 0 Å². The highest BCUT2D eigenvalue weighted by molar-refractivity contribution is 5.92. The van der Waals surface area contributed by atoms with Crippen LogP contribution in [0, 0.1) is 5.82 Å². The smallest absolute Gasteiger partial charge is 0.136 e. The molecular weight excluding hydrogens is 351 g/mol. The van der Waals surface area contributed by atoms with Gasteiger partial charge in [-0.05, 0) is 42.8 Å². The van der Waals surface area contributed by atoms with E-state index in [0.29, 0.717) is 12.1 Å². The zero-order chi connectivity index (χ0) is 19.3. The molecule has 3 N–H and O–H groups in total. The summed E-state index contributed by atoms with van der Waals surface area (Å²) in [6, 6.07) is 20.4. The summed E-state index contributed by atoms with van der Waals surface area (Å²) in [6.45, 7) is 1.38. The van der Waals surface area contributed by atoms with E-state index in [1.165, 1.54) is 6.07 Å². The second-order valence-corrected chi connectivity index (χ2v) is 6.55. The van der Waals surface area contributed by atoms with Gasteiger partial charge in [0.2, 0.25) is 0 Å². The zero-order valence-electron chi connectivity index (χ0n) is 15.4. The Hall–Kier alpha value is -3.31. The summed E-state index contributed by atoms with van der Waals surface area (Å²) in [4.78, 5) is 9.28. The van der Waals surface area contributed by atoms with Crippen LogP contribution in [0.2, 0.25) is 0 Å². The van der Waals surface area contributed by atoms with E-state index >= 15 is 0 Å². The van der Waals surface area contributed by atoms with E-state index in [2.05, 4.69) is 10.3 Å². The number of nitrogens with zero attached hydrogens (tertiary/aromatic N) is 2. The topological polar surface area (TPSA) is 63.8 Å². The van der Waals surface area contributed by atoms with Crippen molar-refractivity contribution < 1.29 is 4.39 Å². The molecule has 0 saturated carbocycles. The van der Waals surface area contributed by atoms with Crippen LogP contribution in [0.1, 0.15) is 6.42 Å². The third-order valence-electron chi connectivity index (χ3n) is 4.64. The van der Waals surface area contributed by atoms with Gasteiger partial charge in [-0.15, -0.1) is 0 Å². The molecule has 0 aliphatic heterocycles. The molecule has 5 heteroatoms. The molecule has 0 saturated heterocycles. The fraction of sp³-hybridized carbons (Fsp3) is 0.130. The number of aromatic nitrogens is 2. The van der Waals surface area contributed by atoms with E-state index in [0.717, 1.165) is 46.5 Å². The summed E-state index contributed by atoms with van der Waals surface area (Å²) in [7, 11) is 0. The number of hydrogen-bond donors (Lipinski definition) is 2. The lowest BCUT2D eigenvalue weighted by molar-refractivity contribution is 0.631. The minimum Gasteiger partial charge on any atom is -0.369 e. The summed E-state index contributed by atoms with van der Waals surface area (Å²) in [6.07, 6.45) is 2.64. The number of hydrogen-bond acceptors (Lipinski definition) is 4. The maximum Gasteiger partial charge on any atom is 0.136 e. The lowest BCUT2D eigenvalue weighted by atomic mass is 10.0. The SMILES string of the molecule is NCCCNc1nc(-c2ccc(-c3ccccc3F)cc2)cc2ncccc12. The molecule has 140 valence electrons. The Morgan fingerprint density at radius 1 is 0.929 bits per heavy atom. The van der Waals surface area contributed by atoms with Gasteiger partial charge in [0, 0.05) is 29.3 Å². The monoisotopic (exact) mass is 372 g/mol. The first kappa shape index (κ1) is 18.1. The molecule has 0 radical (unpaired) electrons. The lowest BCUT2D eigenvalue weighted by Gasteiger charge is -2.11. The predicted molar refractivity (Wildman–Crippen MR) is 113 cm³/mol. The highest BCUT2D eigenvalue weighted by Crippen LogP contribution is 2.29. The number of fused-ring (bicyclic) bond motifs is 1. The van der Waals surface area contributed by atoms with Gasteiger partial charge in [-0.1, -0.05) is 42.5 Å². The van der Waals surface area contributed by atoms with E-state index < -0.39 is 0 Å². The highest BCUT2D eigenvalue weighted by atomic mass is 19.1. The normalized spacial score (nSPS) is 10.9. The Morgan fingerprint density at radius 3 is 2.50 bits per heavy atom. The largest absolute Gasteiger partial charge is 0.369 e. The molecule has 0 aliphatic carbocycles. The second-order valence-electron chi connectivity index (χ2n) is 6.55. The van der Waals surface area contributed by atoms with Crippen LogP contribution in [0.3, 0.4) is 0 Å². The van der Waals surface area contributed by atoms with Gasteiger partial charge in [0.25, 0.3) is 0 Å².